The zero-order chi connectivity index (χ0) is 15.7. The average Bonchev–Trinajstić information content (AvgIpc) is 2.73. The van der Waals surface area contributed by atoms with Crippen LogP contribution < -0.4 is 0 Å². The summed E-state index contributed by atoms with van der Waals surface area (Å²) < 4.78 is 58.4. The van der Waals surface area contributed by atoms with E-state index in [9.17, 15) is 23.1 Å². The van der Waals surface area contributed by atoms with Gasteiger partial charge in [0.15, 0.2) is 5.69 Å². The summed E-state index contributed by atoms with van der Waals surface area (Å²) >= 11 is 0. The number of hydrogen-bond acceptors (Lipinski definition) is 4. The third kappa shape index (κ3) is 3.22. The van der Waals surface area contributed by atoms with Gasteiger partial charge in [-0.25, -0.2) is 4.79 Å². The quantitative estimate of drug-likeness (QED) is 0.840. The van der Waals surface area contributed by atoms with Gasteiger partial charge in [0.1, 0.15) is 5.56 Å². The second-order valence-electron chi connectivity index (χ2n) is 3.34. The van der Waals surface area contributed by atoms with Gasteiger partial charge in [-0.05, 0) is 13.8 Å². The van der Waals surface area contributed by atoms with Gasteiger partial charge in [-0.2, -0.15) is 18.3 Å². The first-order chi connectivity index (χ1) is 9.03. The second-order valence-corrected chi connectivity index (χ2v) is 3.34. The molecule has 0 bridgehead atoms. The summed E-state index contributed by atoms with van der Waals surface area (Å²) in [6.07, 6.45) is -6.22. The number of alkyl halides is 3. The van der Waals surface area contributed by atoms with Crippen LogP contribution in [0.4, 0.5) is 13.2 Å². The molecule has 1 heterocycles. The molecule has 102 valence electrons. The highest BCUT2D eigenvalue weighted by atomic mass is 19.4. The highest BCUT2D eigenvalue weighted by Gasteiger charge is 2.40. The minimum atomic E-state index is -5.03. The molecule has 0 unspecified atom stereocenters. The van der Waals surface area contributed by atoms with Gasteiger partial charge in [-0.1, -0.05) is 0 Å². The SMILES string of the molecule is [2H]C([2H])([C@H](C)O)n1ncc(C(=O)OCC)c1C(F)(F)F. The number of carbonyl (C=O) groups is 1. The normalized spacial score (nSPS) is 15.9. The van der Waals surface area contributed by atoms with Crippen molar-refractivity contribution in [3.05, 3.63) is 17.5 Å². The Kier molecular flexibility index (Phi) is 3.44. The molecule has 18 heavy (non-hydrogen) atoms. The van der Waals surface area contributed by atoms with Crippen molar-refractivity contribution in [3.63, 3.8) is 0 Å². The van der Waals surface area contributed by atoms with E-state index in [1.807, 2.05) is 0 Å². The minimum absolute atomic E-state index is 0.0517. The van der Waals surface area contributed by atoms with E-state index in [4.69, 9.17) is 2.74 Å². The molecule has 0 fully saturated rings. The topological polar surface area (TPSA) is 64.3 Å². The number of ether oxygens (including phenoxy) is 1. The minimum Gasteiger partial charge on any atom is -0.462 e. The Morgan fingerprint density at radius 1 is 1.72 bits per heavy atom. The van der Waals surface area contributed by atoms with Crippen LogP contribution in [0.2, 0.25) is 0 Å². The molecule has 5 nitrogen and oxygen atoms in total. The Hall–Kier alpha value is -1.57. The molecule has 0 saturated heterocycles. The van der Waals surface area contributed by atoms with Crippen molar-refractivity contribution < 1.29 is 30.6 Å². The fraction of sp³-hybridized carbons (Fsp3) is 0.600. The molecule has 1 aromatic rings. The maximum absolute atomic E-state index is 13.0. The van der Waals surface area contributed by atoms with Crippen LogP contribution in [0.3, 0.4) is 0 Å². The number of aliphatic hydroxyl groups is 1. The van der Waals surface area contributed by atoms with Crippen molar-refractivity contribution in [1.82, 2.24) is 9.78 Å². The lowest BCUT2D eigenvalue weighted by atomic mass is 10.2. The van der Waals surface area contributed by atoms with Crippen LogP contribution in [0.25, 0.3) is 0 Å². The third-order valence-electron chi connectivity index (χ3n) is 1.84. The molecule has 0 radical (unpaired) electrons. The van der Waals surface area contributed by atoms with E-state index < -0.39 is 36.0 Å². The van der Waals surface area contributed by atoms with Crippen LogP contribution in [0.1, 0.15) is 32.6 Å². The summed E-state index contributed by atoms with van der Waals surface area (Å²) in [5.41, 5.74) is -2.49. The molecular formula is C10H13F3N2O3. The number of aromatic nitrogens is 2. The summed E-state index contributed by atoms with van der Waals surface area (Å²) in [6, 6.07) is 0. The Balaban J connectivity index is 3.46. The van der Waals surface area contributed by atoms with E-state index >= 15 is 0 Å². The van der Waals surface area contributed by atoms with E-state index in [1.54, 1.807) is 0 Å². The van der Waals surface area contributed by atoms with Gasteiger partial charge in [0, 0.05) is 0 Å². The average molecular weight is 268 g/mol. The fourth-order valence-corrected chi connectivity index (χ4v) is 1.25. The van der Waals surface area contributed by atoms with Gasteiger partial charge in [-0.3, -0.25) is 4.68 Å². The van der Waals surface area contributed by atoms with E-state index in [-0.39, 0.29) is 11.3 Å². The lowest BCUT2D eigenvalue weighted by Crippen LogP contribution is -2.22. The summed E-state index contributed by atoms with van der Waals surface area (Å²) in [5, 5.41) is 12.5. The lowest BCUT2D eigenvalue weighted by Gasteiger charge is -2.13. The predicted octanol–water partition coefficient (Wildman–Crippen LogP) is 1.46. The van der Waals surface area contributed by atoms with Crippen LogP contribution in [0, 0.1) is 0 Å². The van der Waals surface area contributed by atoms with Crippen molar-refractivity contribution in [1.29, 1.82) is 0 Å². The first kappa shape index (κ1) is 11.5. The highest BCUT2D eigenvalue weighted by molar-refractivity contribution is 5.90. The van der Waals surface area contributed by atoms with Crippen LogP contribution in [-0.2, 0) is 17.4 Å². The Bertz CT molecular complexity index is 500. The van der Waals surface area contributed by atoms with Gasteiger partial charge >= 0.3 is 12.1 Å². The summed E-state index contributed by atoms with van der Waals surface area (Å²) in [4.78, 5) is 11.5. The first-order valence-corrected chi connectivity index (χ1v) is 5.04. The monoisotopic (exact) mass is 268 g/mol. The van der Waals surface area contributed by atoms with Crippen molar-refractivity contribution in [3.8, 4) is 0 Å². The van der Waals surface area contributed by atoms with Crippen molar-refractivity contribution in [2.24, 2.45) is 0 Å². The third-order valence-corrected chi connectivity index (χ3v) is 1.84. The zero-order valence-electron chi connectivity index (χ0n) is 11.7. The molecule has 0 spiro atoms. The number of carbonyl (C=O) groups excluding carboxylic acids is 1. The van der Waals surface area contributed by atoms with E-state index in [0.717, 1.165) is 6.92 Å². The number of hydrogen-bond donors (Lipinski definition) is 1. The number of nitrogens with zero attached hydrogens (tertiary/aromatic N) is 2. The summed E-state index contributed by atoms with van der Waals surface area (Å²) in [5.74, 6) is -1.26. The second kappa shape index (κ2) is 5.38. The number of rotatable bonds is 4. The maximum atomic E-state index is 13.0. The molecule has 0 amide bonds. The van der Waals surface area contributed by atoms with Crippen LogP contribution in [0.5, 0.6) is 0 Å². The summed E-state index contributed by atoms with van der Waals surface area (Å²) in [6.45, 7) is -0.559. The van der Waals surface area contributed by atoms with Crippen molar-refractivity contribution in [2.75, 3.05) is 6.61 Å². The number of esters is 1. The zero-order valence-corrected chi connectivity index (χ0v) is 9.65. The van der Waals surface area contributed by atoms with Gasteiger partial charge in [0.25, 0.3) is 0 Å². The predicted molar refractivity (Wildman–Crippen MR) is 54.9 cm³/mol. The molecule has 0 aromatic carbocycles. The van der Waals surface area contributed by atoms with Crippen LogP contribution in [-0.4, -0.2) is 33.6 Å². The van der Waals surface area contributed by atoms with Gasteiger partial charge in [0.05, 0.1) is 28.1 Å². The Morgan fingerprint density at radius 2 is 2.33 bits per heavy atom. The number of halogens is 3. The molecule has 1 atom stereocenters. The van der Waals surface area contributed by atoms with E-state index in [2.05, 4.69) is 9.84 Å². The van der Waals surface area contributed by atoms with Crippen LogP contribution in [0.15, 0.2) is 6.20 Å². The molecule has 0 aliphatic rings. The molecule has 1 aromatic heterocycles. The molecule has 0 saturated carbocycles. The van der Waals surface area contributed by atoms with E-state index in [0.29, 0.717) is 6.20 Å². The van der Waals surface area contributed by atoms with Gasteiger partial charge in [0.2, 0.25) is 0 Å². The largest absolute Gasteiger partial charge is 0.462 e. The van der Waals surface area contributed by atoms with Crippen molar-refractivity contribution >= 4 is 5.97 Å². The molecule has 8 heteroatoms. The fourth-order valence-electron chi connectivity index (χ4n) is 1.25. The van der Waals surface area contributed by atoms with Crippen LogP contribution >= 0.6 is 0 Å². The molecule has 1 N–H and O–H groups in total. The molecule has 0 aliphatic heterocycles. The smallest absolute Gasteiger partial charge is 0.433 e. The molecular weight excluding hydrogens is 253 g/mol. The first-order valence-electron chi connectivity index (χ1n) is 6.04. The molecule has 1 rings (SSSR count). The standard InChI is InChI=1S/C10H13F3N2O3/c1-3-18-9(17)7-4-14-15(5-6(2)16)8(7)10(11,12)13/h4,6,16H,3,5H2,1-2H3/t6-/m0/s1/i5D2. The Morgan fingerprint density at radius 3 is 2.78 bits per heavy atom. The van der Waals surface area contributed by atoms with E-state index in [1.165, 1.54) is 6.92 Å². The highest BCUT2D eigenvalue weighted by Crippen LogP contribution is 2.32. The molecule has 0 aliphatic carbocycles. The maximum Gasteiger partial charge on any atom is 0.433 e. The van der Waals surface area contributed by atoms with Gasteiger partial charge < -0.3 is 9.84 Å². The lowest BCUT2D eigenvalue weighted by molar-refractivity contribution is -0.145. The Labute approximate surface area is 104 Å². The van der Waals surface area contributed by atoms with Gasteiger partial charge in [-0.15, -0.1) is 0 Å². The number of aliphatic hydroxyl groups excluding tert-OH is 1. The summed E-state index contributed by atoms with van der Waals surface area (Å²) in [7, 11) is 0. The van der Waals surface area contributed by atoms with Crippen molar-refractivity contribution in [2.45, 2.75) is 32.6 Å².